The van der Waals surface area contributed by atoms with Crippen molar-refractivity contribution >= 4 is 0 Å². The fourth-order valence-corrected chi connectivity index (χ4v) is 3.68. The minimum absolute atomic E-state index is 0.104. The van der Waals surface area contributed by atoms with Crippen LogP contribution in [-0.4, -0.2) is 34.7 Å². The molecule has 0 aromatic rings. The van der Waals surface area contributed by atoms with E-state index in [-0.39, 0.29) is 11.6 Å². The molecule has 2 nitrogen and oxygen atoms in total. The van der Waals surface area contributed by atoms with Crippen molar-refractivity contribution in [1.29, 1.82) is 0 Å². The molecule has 94 valence electrons. The maximum atomic E-state index is 10.6. The Hall–Kier alpha value is -0.0800. The summed E-state index contributed by atoms with van der Waals surface area (Å²) in [6.07, 6.45) is 8.59. The van der Waals surface area contributed by atoms with Crippen molar-refractivity contribution in [2.75, 3.05) is 13.1 Å². The summed E-state index contributed by atoms with van der Waals surface area (Å²) in [6, 6.07) is 0. The summed E-state index contributed by atoms with van der Waals surface area (Å²) in [7, 11) is 0. The van der Waals surface area contributed by atoms with Gasteiger partial charge in [0.25, 0.3) is 0 Å². The van der Waals surface area contributed by atoms with E-state index in [1.807, 2.05) is 0 Å². The lowest BCUT2D eigenvalue weighted by atomic mass is 9.84. The topological polar surface area (TPSA) is 23.5 Å². The highest BCUT2D eigenvalue weighted by Gasteiger charge is 2.45. The molecular weight excluding hydrogens is 198 g/mol. The van der Waals surface area contributed by atoms with Crippen LogP contribution in [0.4, 0.5) is 0 Å². The van der Waals surface area contributed by atoms with Crippen LogP contribution in [0.15, 0.2) is 0 Å². The van der Waals surface area contributed by atoms with Gasteiger partial charge < -0.3 is 5.11 Å². The SMILES string of the molecule is CC(C)CC(O)C1(N2CCCC2)CCCC1. The Morgan fingerprint density at radius 1 is 1.06 bits per heavy atom. The second kappa shape index (κ2) is 5.05. The predicted octanol–water partition coefficient (Wildman–Crippen LogP) is 2.80. The molecule has 1 heterocycles. The molecule has 0 spiro atoms. The van der Waals surface area contributed by atoms with Gasteiger partial charge in [-0.3, -0.25) is 4.90 Å². The maximum absolute atomic E-state index is 10.6. The van der Waals surface area contributed by atoms with Crippen molar-refractivity contribution in [3.63, 3.8) is 0 Å². The number of aliphatic hydroxyl groups is 1. The standard InChI is InChI=1S/C14H27NO/c1-12(2)11-13(16)14(7-3-4-8-14)15-9-5-6-10-15/h12-13,16H,3-11H2,1-2H3. The van der Waals surface area contributed by atoms with Crippen LogP contribution in [0.1, 0.15) is 58.8 Å². The monoisotopic (exact) mass is 225 g/mol. The molecule has 1 aliphatic heterocycles. The molecule has 1 aliphatic carbocycles. The molecule has 0 aromatic carbocycles. The lowest BCUT2D eigenvalue weighted by Gasteiger charge is -2.43. The molecule has 0 radical (unpaired) electrons. The van der Waals surface area contributed by atoms with Crippen molar-refractivity contribution in [3.05, 3.63) is 0 Å². The first-order chi connectivity index (χ1) is 7.65. The van der Waals surface area contributed by atoms with E-state index in [1.54, 1.807) is 0 Å². The minimum atomic E-state index is -0.104. The van der Waals surface area contributed by atoms with E-state index in [1.165, 1.54) is 51.6 Å². The first kappa shape index (κ1) is 12.4. The maximum Gasteiger partial charge on any atom is 0.0726 e. The molecule has 1 atom stereocenters. The van der Waals surface area contributed by atoms with Crippen molar-refractivity contribution < 1.29 is 5.11 Å². The summed E-state index contributed by atoms with van der Waals surface area (Å²) in [6.45, 7) is 6.87. The molecule has 16 heavy (non-hydrogen) atoms. The number of rotatable bonds is 4. The van der Waals surface area contributed by atoms with E-state index < -0.39 is 0 Å². The Labute approximate surface area is 100 Å². The molecule has 1 saturated carbocycles. The van der Waals surface area contributed by atoms with E-state index in [2.05, 4.69) is 18.7 Å². The molecule has 1 saturated heterocycles. The van der Waals surface area contributed by atoms with Gasteiger partial charge in [-0.05, 0) is 51.1 Å². The summed E-state index contributed by atoms with van der Waals surface area (Å²) < 4.78 is 0. The zero-order valence-corrected chi connectivity index (χ0v) is 10.9. The van der Waals surface area contributed by atoms with Crippen molar-refractivity contribution in [2.24, 2.45) is 5.92 Å². The Morgan fingerprint density at radius 3 is 2.12 bits per heavy atom. The normalized spacial score (nSPS) is 27.8. The fraction of sp³-hybridized carbons (Fsp3) is 1.00. The van der Waals surface area contributed by atoms with Crippen molar-refractivity contribution in [1.82, 2.24) is 4.90 Å². The summed E-state index contributed by atoms with van der Waals surface area (Å²) in [5, 5.41) is 10.6. The average Bonchev–Trinajstić information content (AvgIpc) is 2.88. The van der Waals surface area contributed by atoms with E-state index in [9.17, 15) is 5.11 Å². The van der Waals surface area contributed by atoms with Gasteiger partial charge in [-0.25, -0.2) is 0 Å². The van der Waals surface area contributed by atoms with E-state index in [4.69, 9.17) is 0 Å². The molecule has 2 aliphatic rings. The molecule has 0 aromatic heterocycles. The van der Waals surface area contributed by atoms with E-state index in [0.717, 1.165) is 6.42 Å². The van der Waals surface area contributed by atoms with Crippen LogP contribution in [0.2, 0.25) is 0 Å². The summed E-state index contributed by atoms with van der Waals surface area (Å²) in [5.74, 6) is 0.607. The highest BCUT2D eigenvalue weighted by molar-refractivity contribution is 5.01. The minimum Gasteiger partial charge on any atom is -0.391 e. The summed E-state index contributed by atoms with van der Waals surface area (Å²) in [5.41, 5.74) is 0.154. The Balaban J connectivity index is 2.07. The van der Waals surface area contributed by atoms with Gasteiger partial charge in [-0.1, -0.05) is 26.7 Å². The van der Waals surface area contributed by atoms with Crippen LogP contribution in [-0.2, 0) is 0 Å². The fourth-order valence-electron chi connectivity index (χ4n) is 3.68. The Morgan fingerprint density at radius 2 is 1.62 bits per heavy atom. The van der Waals surface area contributed by atoms with Gasteiger partial charge in [-0.15, -0.1) is 0 Å². The van der Waals surface area contributed by atoms with Crippen molar-refractivity contribution in [3.8, 4) is 0 Å². The smallest absolute Gasteiger partial charge is 0.0726 e. The molecule has 0 amide bonds. The quantitative estimate of drug-likeness (QED) is 0.795. The number of likely N-dealkylation sites (tertiary alicyclic amines) is 1. The van der Waals surface area contributed by atoms with Gasteiger partial charge in [-0.2, -0.15) is 0 Å². The third-order valence-corrected chi connectivity index (χ3v) is 4.52. The van der Waals surface area contributed by atoms with Crippen molar-refractivity contribution in [2.45, 2.75) is 70.4 Å². The number of hydrogen-bond acceptors (Lipinski definition) is 2. The van der Waals surface area contributed by atoms with Gasteiger partial charge in [0.1, 0.15) is 0 Å². The molecule has 2 rings (SSSR count). The molecule has 1 unspecified atom stereocenters. The number of aliphatic hydroxyl groups excluding tert-OH is 1. The largest absolute Gasteiger partial charge is 0.391 e. The van der Waals surface area contributed by atoms with Crippen LogP contribution in [0, 0.1) is 5.92 Å². The van der Waals surface area contributed by atoms with Gasteiger partial charge in [0.05, 0.1) is 6.10 Å². The lowest BCUT2D eigenvalue weighted by molar-refractivity contribution is -0.0279. The van der Waals surface area contributed by atoms with Crippen LogP contribution in [0.25, 0.3) is 0 Å². The third kappa shape index (κ3) is 2.28. The van der Waals surface area contributed by atoms with Crippen LogP contribution < -0.4 is 0 Å². The summed E-state index contributed by atoms with van der Waals surface area (Å²) in [4.78, 5) is 2.60. The summed E-state index contributed by atoms with van der Waals surface area (Å²) >= 11 is 0. The highest BCUT2D eigenvalue weighted by atomic mass is 16.3. The van der Waals surface area contributed by atoms with Crippen LogP contribution >= 0.6 is 0 Å². The third-order valence-electron chi connectivity index (χ3n) is 4.52. The van der Waals surface area contributed by atoms with Gasteiger partial charge >= 0.3 is 0 Å². The van der Waals surface area contributed by atoms with Crippen LogP contribution in [0.5, 0.6) is 0 Å². The Kier molecular flexibility index (Phi) is 3.91. The molecular formula is C14H27NO. The second-order valence-corrected chi connectivity index (χ2v) is 6.15. The van der Waals surface area contributed by atoms with Crippen LogP contribution in [0.3, 0.4) is 0 Å². The first-order valence-electron chi connectivity index (χ1n) is 7.08. The Bertz CT molecular complexity index is 215. The molecule has 1 N–H and O–H groups in total. The zero-order valence-electron chi connectivity index (χ0n) is 10.9. The number of nitrogens with zero attached hydrogens (tertiary/aromatic N) is 1. The molecule has 0 bridgehead atoms. The predicted molar refractivity (Wildman–Crippen MR) is 67.5 cm³/mol. The average molecular weight is 225 g/mol. The zero-order chi connectivity index (χ0) is 11.6. The van der Waals surface area contributed by atoms with E-state index in [0.29, 0.717) is 5.92 Å². The lowest BCUT2D eigenvalue weighted by Crippen LogP contribution is -2.54. The molecule has 2 heteroatoms. The first-order valence-corrected chi connectivity index (χ1v) is 7.08. The molecule has 2 fully saturated rings. The van der Waals surface area contributed by atoms with E-state index >= 15 is 0 Å². The second-order valence-electron chi connectivity index (χ2n) is 6.15. The van der Waals surface area contributed by atoms with Gasteiger partial charge in [0, 0.05) is 5.54 Å². The van der Waals surface area contributed by atoms with Gasteiger partial charge in [0.15, 0.2) is 0 Å². The number of hydrogen-bond donors (Lipinski definition) is 1. The van der Waals surface area contributed by atoms with Gasteiger partial charge in [0.2, 0.25) is 0 Å². The highest BCUT2D eigenvalue weighted by Crippen LogP contribution is 2.41.